The third-order valence-corrected chi connectivity index (χ3v) is 4.97. The molecule has 6 nitrogen and oxygen atoms in total. The number of hydrogen-bond donors (Lipinski definition) is 3. The molecule has 0 aliphatic heterocycles. The van der Waals surface area contributed by atoms with Crippen LogP contribution in [0.4, 0.5) is 11.4 Å². The summed E-state index contributed by atoms with van der Waals surface area (Å²) in [7, 11) is -0.663. The molecule has 0 aliphatic rings. The number of nitrogens with one attached hydrogen (secondary N) is 1. The van der Waals surface area contributed by atoms with Gasteiger partial charge in [0.2, 0.25) is 10.0 Å². The molecule has 21 heavy (non-hydrogen) atoms. The van der Waals surface area contributed by atoms with Gasteiger partial charge in [-0.15, -0.1) is 0 Å². The van der Waals surface area contributed by atoms with E-state index in [-0.39, 0.29) is 10.6 Å². The second-order valence-corrected chi connectivity index (χ2v) is 7.79. The van der Waals surface area contributed by atoms with E-state index >= 15 is 0 Å². The molecule has 0 amide bonds. The van der Waals surface area contributed by atoms with Crippen LogP contribution in [0.1, 0.15) is 20.3 Å². The molecule has 1 rings (SSSR count). The van der Waals surface area contributed by atoms with E-state index in [1.807, 2.05) is 13.8 Å². The van der Waals surface area contributed by atoms with Crippen molar-refractivity contribution in [2.45, 2.75) is 31.3 Å². The summed E-state index contributed by atoms with van der Waals surface area (Å²) >= 11 is 0. The van der Waals surface area contributed by atoms with Gasteiger partial charge in [-0.3, -0.25) is 0 Å². The number of aliphatic hydroxyl groups is 1. The molecule has 0 aliphatic carbocycles. The molecule has 4 N–H and O–H groups in total. The molecule has 0 saturated heterocycles. The lowest BCUT2D eigenvalue weighted by atomic mass is 10.1. The first-order valence-corrected chi connectivity index (χ1v) is 8.33. The highest BCUT2D eigenvalue weighted by Gasteiger charge is 2.21. The van der Waals surface area contributed by atoms with Crippen LogP contribution < -0.4 is 11.1 Å². The van der Waals surface area contributed by atoms with E-state index in [0.29, 0.717) is 24.6 Å². The van der Waals surface area contributed by atoms with Crippen LogP contribution in [-0.4, -0.2) is 44.6 Å². The van der Waals surface area contributed by atoms with Crippen LogP contribution in [0.25, 0.3) is 0 Å². The fourth-order valence-electron chi connectivity index (χ4n) is 1.98. The van der Waals surface area contributed by atoms with E-state index in [4.69, 9.17) is 5.73 Å². The van der Waals surface area contributed by atoms with Gasteiger partial charge in [-0.1, -0.05) is 19.9 Å². The number of hydrogen-bond acceptors (Lipinski definition) is 5. The average Bonchev–Trinajstić information content (AvgIpc) is 2.36. The Morgan fingerprint density at radius 1 is 1.33 bits per heavy atom. The lowest BCUT2D eigenvalue weighted by Crippen LogP contribution is -2.24. The van der Waals surface area contributed by atoms with Crippen LogP contribution in [0.3, 0.4) is 0 Å². The maximum absolute atomic E-state index is 12.2. The van der Waals surface area contributed by atoms with Crippen LogP contribution in [0, 0.1) is 5.92 Å². The summed E-state index contributed by atoms with van der Waals surface area (Å²) in [5.41, 5.74) is 6.63. The highest BCUT2D eigenvalue weighted by Crippen LogP contribution is 2.28. The van der Waals surface area contributed by atoms with Gasteiger partial charge in [0, 0.05) is 20.6 Å². The number of aliphatic hydroxyl groups excluding tert-OH is 1. The molecule has 0 heterocycles. The lowest BCUT2D eigenvalue weighted by molar-refractivity contribution is 0.161. The molecular weight excluding hydrogens is 290 g/mol. The van der Waals surface area contributed by atoms with E-state index in [0.717, 1.165) is 4.31 Å². The minimum absolute atomic E-state index is 0.0656. The van der Waals surface area contributed by atoms with Crippen LogP contribution >= 0.6 is 0 Å². The van der Waals surface area contributed by atoms with Crippen LogP contribution in [0.15, 0.2) is 23.1 Å². The molecule has 0 bridgehead atoms. The zero-order valence-corrected chi connectivity index (χ0v) is 13.8. The van der Waals surface area contributed by atoms with Crippen molar-refractivity contribution in [3.05, 3.63) is 18.2 Å². The SMILES string of the molecule is CC(C)CC(O)CNc1cccc(S(=O)(=O)N(C)C)c1N. The molecule has 120 valence electrons. The predicted octanol–water partition coefficient (Wildman–Crippen LogP) is 1.34. The summed E-state index contributed by atoms with van der Waals surface area (Å²) in [5, 5.41) is 12.9. The molecular formula is C14H25N3O3S. The Bertz CT molecular complexity index is 571. The molecule has 0 saturated carbocycles. The Hall–Kier alpha value is -1.31. The number of nitrogens with two attached hydrogens (primary N) is 1. The monoisotopic (exact) mass is 315 g/mol. The molecule has 1 aromatic rings. The Morgan fingerprint density at radius 2 is 1.95 bits per heavy atom. The second-order valence-electron chi connectivity index (χ2n) is 5.67. The van der Waals surface area contributed by atoms with Crippen molar-refractivity contribution < 1.29 is 13.5 Å². The smallest absolute Gasteiger partial charge is 0.244 e. The van der Waals surface area contributed by atoms with Crippen LogP contribution in [0.5, 0.6) is 0 Å². The second kappa shape index (κ2) is 7.11. The van der Waals surface area contributed by atoms with E-state index in [1.165, 1.54) is 20.2 Å². The van der Waals surface area contributed by atoms with Gasteiger partial charge in [0.25, 0.3) is 0 Å². The summed E-state index contributed by atoms with van der Waals surface area (Å²) < 4.78 is 25.4. The van der Waals surface area contributed by atoms with E-state index in [1.54, 1.807) is 12.1 Å². The normalized spacial score (nSPS) is 13.7. The number of anilines is 2. The Kier molecular flexibility index (Phi) is 6.00. The third-order valence-electron chi connectivity index (χ3n) is 3.10. The first-order chi connectivity index (χ1) is 9.66. The standard InChI is InChI=1S/C14H25N3O3S/c1-10(2)8-11(18)9-16-12-6-5-7-13(14(12)15)21(19,20)17(3)4/h5-7,10-11,16,18H,8-9,15H2,1-4H3. The highest BCUT2D eigenvalue weighted by molar-refractivity contribution is 7.89. The molecule has 0 spiro atoms. The minimum Gasteiger partial charge on any atom is -0.396 e. The summed E-state index contributed by atoms with van der Waals surface area (Å²) in [4.78, 5) is 0.0656. The molecule has 7 heteroatoms. The first-order valence-electron chi connectivity index (χ1n) is 6.89. The summed E-state index contributed by atoms with van der Waals surface area (Å²) in [6, 6.07) is 4.80. The zero-order valence-electron chi connectivity index (χ0n) is 13.0. The summed E-state index contributed by atoms with van der Waals surface area (Å²) in [5.74, 6) is 0.389. The number of nitrogen functional groups attached to an aromatic ring is 1. The van der Waals surface area contributed by atoms with E-state index < -0.39 is 16.1 Å². The minimum atomic E-state index is -3.58. The van der Waals surface area contributed by atoms with Gasteiger partial charge < -0.3 is 16.2 Å². The highest BCUT2D eigenvalue weighted by atomic mass is 32.2. The van der Waals surface area contributed by atoms with Crippen molar-refractivity contribution in [2.24, 2.45) is 5.92 Å². The van der Waals surface area contributed by atoms with Crippen molar-refractivity contribution in [1.82, 2.24) is 4.31 Å². The van der Waals surface area contributed by atoms with Gasteiger partial charge in [0.1, 0.15) is 4.90 Å². The van der Waals surface area contributed by atoms with E-state index in [9.17, 15) is 13.5 Å². The van der Waals surface area contributed by atoms with Gasteiger partial charge >= 0.3 is 0 Å². The van der Waals surface area contributed by atoms with Gasteiger partial charge in [0.15, 0.2) is 0 Å². The number of sulfonamides is 1. The largest absolute Gasteiger partial charge is 0.396 e. The molecule has 1 atom stereocenters. The van der Waals surface area contributed by atoms with Crippen molar-refractivity contribution in [3.8, 4) is 0 Å². The van der Waals surface area contributed by atoms with E-state index in [2.05, 4.69) is 5.32 Å². The fourth-order valence-corrected chi connectivity index (χ4v) is 3.01. The average molecular weight is 315 g/mol. The maximum Gasteiger partial charge on any atom is 0.244 e. The number of nitrogens with zero attached hydrogens (tertiary/aromatic N) is 1. The topological polar surface area (TPSA) is 95.7 Å². The third kappa shape index (κ3) is 4.59. The first kappa shape index (κ1) is 17.7. The predicted molar refractivity (Wildman–Crippen MR) is 85.7 cm³/mol. The quantitative estimate of drug-likeness (QED) is 0.660. The van der Waals surface area contributed by atoms with Crippen molar-refractivity contribution >= 4 is 21.4 Å². The lowest BCUT2D eigenvalue weighted by Gasteiger charge is -2.18. The molecule has 1 unspecified atom stereocenters. The maximum atomic E-state index is 12.2. The van der Waals surface area contributed by atoms with Gasteiger partial charge in [-0.05, 0) is 24.5 Å². The summed E-state index contributed by atoms with van der Waals surface area (Å²) in [6.45, 7) is 4.39. The van der Waals surface area contributed by atoms with Crippen molar-refractivity contribution in [3.63, 3.8) is 0 Å². The van der Waals surface area contributed by atoms with Crippen molar-refractivity contribution in [2.75, 3.05) is 31.7 Å². The van der Waals surface area contributed by atoms with Gasteiger partial charge in [0.05, 0.1) is 17.5 Å². The zero-order chi connectivity index (χ0) is 16.2. The Balaban J connectivity index is 2.92. The molecule has 0 aromatic heterocycles. The van der Waals surface area contributed by atoms with Gasteiger partial charge in [-0.2, -0.15) is 0 Å². The number of rotatable bonds is 7. The van der Waals surface area contributed by atoms with Crippen LogP contribution in [0.2, 0.25) is 0 Å². The fraction of sp³-hybridized carbons (Fsp3) is 0.571. The Morgan fingerprint density at radius 3 is 2.48 bits per heavy atom. The number of benzene rings is 1. The van der Waals surface area contributed by atoms with Crippen LogP contribution in [-0.2, 0) is 10.0 Å². The summed E-state index contributed by atoms with van der Waals surface area (Å²) in [6.07, 6.45) is 0.168. The van der Waals surface area contributed by atoms with Gasteiger partial charge in [-0.25, -0.2) is 12.7 Å². The molecule has 0 fully saturated rings. The molecule has 1 aromatic carbocycles. The Labute approximate surface area is 127 Å². The van der Waals surface area contributed by atoms with Crippen molar-refractivity contribution in [1.29, 1.82) is 0 Å². The number of para-hydroxylation sites is 1. The molecule has 0 radical (unpaired) electrons.